The number of hydrogen-bond donors (Lipinski definition) is 1. The number of imide groups is 1. The van der Waals surface area contributed by atoms with Crippen LogP contribution < -0.4 is 5.32 Å². The van der Waals surface area contributed by atoms with Crippen molar-refractivity contribution in [2.24, 2.45) is 0 Å². The highest BCUT2D eigenvalue weighted by atomic mass is 32.2. The molecule has 5 rings (SSSR count). The third-order valence-corrected chi connectivity index (χ3v) is 7.43. The standard InChI is InChI=1S/C27H22N4O4S/c28-14-17-9-11-19(12-10-17)29-25(33)22-15-36-16-31(22)23(32)8-3-13-30-26(34)20-6-1-4-18-5-2-7-21(24(18)20)27(30)35/h1-2,4-7,9-12,22H,3,8,13,15-16H2,(H,29,33). The van der Waals surface area contributed by atoms with Gasteiger partial charge >= 0.3 is 0 Å². The fourth-order valence-corrected chi connectivity index (χ4v) is 5.76. The molecule has 0 bridgehead atoms. The molecule has 2 aliphatic rings. The van der Waals surface area contributed by atoms with Crippen molar-refractivity contribution >= 4 is 51.9 Å². The Balaban J connectivity index is 1.20. The van der Waals surface area contributed by atoms with Crippen LogP contribution in [-0.2, 0) is 9.59 Å². The Bertz CT molecular complexity index is 1380. The topological polar surface area (TPSA) is 111 Å². The summed E-state index contributed by atoms with van der Waals surface area (Å²) in [5.41, 5.74) is 2.03. The van der Waals surface area contributed by atoms with Crippen LogP contribution in [0.15, 0.2) is 60.7 Å². The molecule has 3 aromatic rings. The van der Waals surface area contributed by atoms with E-state index >= 15 is 0 Å². The van der Waals surface area contributed by atoms with Gasteiger partial charge in [0.2, 0.25) is 11.8 Å². The Morgan fingerprint density at radius 1 is 1.00 bits per heavy atom. The molecule has 1 saturated heterocycles. The summed E-state index contributed by atoms with van der Waals surface area (Å²) in [5.74, 6) is -0.302. The number of amides is 4. The van der Waals surface area contributed by atoms with E-state index in [0.717, 1.165) is 5.39 Å². The van der Waals surface area contributed by atoms with Crippen molar-refractivity contribution in [3.8, 4) is 6.07 Å². The lowest BCUT2D eigenvalue weighted by Crippen LogP contribution is -2.45. The number of nitrogens with one attached hydrogen (secondary N) is 1. The van der Waals surface area contributed by atoms with Gasteiger partial charge < -0.3 is 10.2 Å². The molecule has 1 unspecified atom stereocenters. The number of nitrogens with zero attached hydrogens (tertiary/aromatic N) is 3. The van der Waals surface area contributed by atoms with Crippen LogP contribution in [0.25, 0.3) is 10.8 Å². The van der Waals surface area contributed by atoms with Crippen LogP contribution in [0.1, 0.15) is 39.1 Å². The molecule has 1 fully saturated rings. The van der Waals surface area contributed by atoms with Crippen LogP contribution in [0.3, 0.4) is 0 Å². The minimum absolute atomic E-state index is 0.115. The van der Waals surface area contributed by atoms with Gasteiger partial charge in [-0.25, -0.2) is 0 Å². The first-order valence-corrected chi connectivity index (χ1v) is 12.7. The van der Waals surface area contributed by atoms with Gasteiger partial charge in [0.05, 0.1) is 17.5 Å². The number of carbonyl (C=O) groups is 4. The third-order valence-electron chi connectivity index (χ3n) is 6.42. The van der Waals surface area contributed by atoms with Crippen molar-refractivity contribution in [2.45, 2.75) is 18.9 Å². The largest absolute Gasteiger partial charge is 0.324 e. The van der Waals surface area contributed by atoms with Crippen LogP contribution in [0.4, 0.5) is 5.69 Å². The minimum Gasteiger partial charge on any atom is -0.324 e. The van der Waals surface area contributed by atoms with E-state index in [0.29, 0.717) is 45.8 Å². The van der Waals surface area contributed by atoms with Crippen molar-refractivity contribution in [2.75, 3.05) is 23.5 Å². The van der Waals surface area contributed by atoms with Gasteiger partial charge in [-0.05, 0) is 48.2 Å². The van der Waals surface area contributed by atoms with E-state index < -0.39 is 6.04 Å². The fraction of sp³-hybridized carbons (Fsp3) is 0.222. The molecular formula is C27H22N4O4S. The zero-order valence-corrected chi connectivity index (χ0v) is 20.1. The van der Waals surface area contributed by atoms with Gasteiger partial charge in [0.15, 0.2) is 0 Å². The second-order valence-electron chi connectivity index (χ2n) is 8.63. The highest BCUT2D eigenvalue weighted by Gasteiger charge is 2.35. The van der Waals surface area contributed by atoms with Crippen LogP contribution >= 0.6 is 11.8 Å². The molecule has 3 aromatic carbocycles. The molecule has 8 nitrogen and oxygen atoms in total. The Kier molecular flexibility index (Phi) is 6.44. The van der Waals surface area contributed by atoms with Gasteiger partial charge in [0, 0.05) is 40.9 Å². The van der Waals surface area contributed by atoms with Gasteiger partial charge in [0.25, 0.3) is 11.8 Å². The predicted octanol–water partition coefficient (Wildman–Crippen LogP) is 3.63. The number of nitriles is 1. The number of benzene rings is 3. The minimum atomic E-state index is -0.610. The Morgan fingerprint density at radius 3 is 2.31 bits per heavy atom. The van der Waals surface area contributed by atoms with Gasteiger partial charge in [-0.2, -0.15) is 5.26 Å². The Labute approximate surface area is 211 Å². The first kappa shape index (κ1) is 23.6. The van der Waals surface area contributed by atoms with Crippen LogP contribution in [-0.4, -0.2) is 57.6 Å². The first-order valence-electron chi connectivity index (χ1n) is 11.5. The highest BCUT2D eigenvalue weighted by molar-refractivity contribution is 7.99. The lowest BCUT2D eigenvalue weighted by Gasteiger charge is -2.27. The van der Waals surface area contributed by atoms with E-state index in [-0.39, 0.29) is 36.6 Å². The van der Waals surface area contributed by atoms with Crippen LogP contribution in [0, 0.1) is 11.3 Å². The van der Waals surface area contributed by atoms with Crippen LogP contribution in [0.5, 0.6) is 0 Å². The highest BCUT2D eigenvalue weighted by Crippen LogP contribution is 2.30. The summed E-state index contributed by atoms with van der Waals surface area (Å²) in [6, 6.07) is 18.7. The molecule has 0 aromatic heterocycles. The van der Waals surface area contributed by atoms with Gasteiger partial charge in [-0.1, -0.05) is 24.3 Å². The van der Waals surface area contributed by atoms with Crippen LogP contribution in [0.2, 0.25) is 0 Å². The molecule has 2 heterocycles. The lowest BCUT2D eigenvalue weighted by molar-refractivity contribution is -0.136. The maximum atomic E-state index is 13.0. The molecule has 0 aliphatic carbocycles. The molecule has 4 amide bonds. The Morgan fingerprint density at radius 2 is 1.67 bits per heavy atom. The lowest BCUT2D eigenvalue weighted by atomic mass is 9.94. The summed E-state index contributed by atoms with van der Waals surface area (Å²) in [5, 5.41) is 13.2. The average molecular weight is 499 g/mol. The van der Waals surface area contributed by atoms with E-state index in [1.807, 2.05) is 18.2 Å². The molecule has 0 saturated carbocycles. The maximum Gasteiger partial charge on any atom is 0.261 e. The molecule has 0 radical (unpaired) electrons. The fourth-order valence-electron chi connectivity index (χ4n) is 4.57. The molecule has 180 valence electrons. The number of thioether (sulfide) groups is 1. The molecule has 36 heavy (non-hydrogen) atoms. The molecular weight excluding hydrogens is 476 g/mol. The predicted molar refractivity (Wildman–Crippen MR) is 136 cm³/mol. The second kappa shape index (κ2) is 9.84. The van der Waals surface area contributed by atoms with E-state index in [2.05, 4.69) is 5.32 Å². The molecule has 1 N–H and O–H groups in total. The summed E-state index contributed by atoms with van der Waals surface area (Å²) in [6.07, 6.45) is 0.420. The number of hydrogen-bond acceptors (Lipinski definition) is 6. The van der Waals surface area contributed by atoms with E-state index in [9.17, 15) is 19.2 Å². The summed E-state index contributed by atoms with van der Waals surface area (Å²) in [7, 11) is 0. The molecule has 1 atom stereocenters. The van der Waals surface area contributed by atoms with E-state index in [1.54, 1.807) is 53.4 Å². The molecule has 2 aliphatic heterocycles. The summed E-state index contributed by atoms with van der Waals surface area (Å²) in [6.45, 7) is 0.122. The summed E-state index contributed by atoms with van der Waals surface area (Å²) >= 11 is 1.50. The van der Waals surface area contributed by atoms with Gasteiger partial charge in [0.1, 0.15) is 6.04 Å². The van der Waals surface area contributed by atoms with Crippen molar-refractivity contribution in [3.05, 3.63) is 77.4 Å². The zero-order chi connectivity index (χ0) is 25.2. The van der Waals surface area contributed by atoms with Gasteiger partial charge in [-0.3, -0.25) is 24.1 Å². The Hall–Kier alpha value is -4.16. The van der Waals surface area contributed by atoms with Gasteiger partial charge in [-0.15, -0.1) is 11.8 Å². The van der Waals surface area contributed by atoms with Crippen molar-refractivity contribution in [3.63, 3.8) is 0 Å². The maximum absolute atomic E-state index is 13.0. The first-order chi connectivity index (χ1) is 17.5. The monoisotopic (exact) mass is 498 g/mol. The zero-order valence-electron chi connectivity index (χ0n) is 19.3. The number of anilines is 1. The van der Waals surface area contributed by atoms with Crippen molar-refractivity contribution < 1.29 is 19.2 Å². The van der Waals surface area contributed by atoms with Crippen molar-refractivity contribution in [1.82, 2.24) is 9.80 Å². The molecule has 9 heteroatoms. The van der Waals surface area contributed by atoms with E-state index in [4.69, 9.17) is 5.26 Å². The molecule has 0 spiro atoms. The average Bonchev–Trinajstić information content (AvgIpc) is 3.40. The SMILES string of the molecule is N#Cc1ccc(NC(=O)C2CSCN2C(=O)CCCN2C(=O)c3cccc4cccc(c34)C2=O)cc1. The summed E-state index contributed by atoms with van der Waals surface area (Å²) in [4.78, 5) is 54.6. The number of carbonyl (C=O) groups excluding carboxylic acids is 4. The third kappa shape index (κ3) is 4.32. The van der Waals surface area contributed by atoms with Crippen molar-refractivity contribution in [1.29, 1.82) is 5.26 Å². The second-order valence-corrected chi connectivity index (χ2v) is 9.63. The number of rotatable bonds is 6. The summed E-state index contributed by atoms with van der Waals surface area (Å²) < 4.78 is 0. The van der Waals surface area contributed by atoms with E-state index in [1.165, 1.54) is 16.7 Å². The normalized spacial score (nSPS) is 16.8. The smallest absolute Gasteiger partial charge is 0.261 e. The quantitative estimate of drug-likeness (QED) is 0.520.